The number of hydrogen-bond donors (Lipinski definition) is 1. The minimum absolute atomic E-state index is 0.0237. The van der Waals surface area contributed by atoms with E-state index in [1.165, 1.54) is 22.8 Å². The standard InChI is InChI=1S/C20H26N2O2/c1-22(15-18-10-4-5-14-24-18)20(23)21-13-12-17-9-6-8-16-7-2-3-11-19(16)17/h2-3,6-9,11,18H,4-5,10,12-15H2,1H3,(H,21,23). The normalized spacial score (nSPS) is 17.6. The molecule has 4 nitrogen and oxygen atoms in total. The minimum atomic E-state index is -0.0237. The van der Waals surface area contributed by atoms with Crippen molar-refractivity contribution in [2.45, 2.75) is 31.8 Å². The number of hydrogen-bond acceptors (Lipinski definition) is 2. The SMILES string of the molecule is CN(CC1CCCCO1)C(=O)NCCc1cccc2ccccc12. The number of likely N-dealkylation sites (N-methyl/N-ethyl adjacent to an activating group) is 1. The molecule has 0 radical (unpaired) electrons. The Labute approximate surface area is 143 Å². The molecule has 2 amide bonds. The monoisotopic (exact) mass is 326 g/mol. The van der Waals surface area contributed by atoms with Crippen molar-refractivity contribution in [3.8, 4) is 0 Å². The predicted molar refractivity (Wildman–Crippen MR) is 97.3 cm³/mol. The first-order valence-corrected chi connectivity index (χ1v) is 8.81. The van der Waals surface area contributed by atoms with Gasteiger partial charge in [0.15, 0.2) is 0 Å². The molecular weight excluding hydrogens is 300 g/mol. The lowest BCUT2D eigenvalue weighted by Gasteiger charge is -2.27. The van der Waals surface area contributed by atoms with Gasteiger partial charge in [-0.3, -0.25) is 0 Å². The number of nitrogens with one attached hydrogen (secondary N) is 1. The number of ether oxygens (including phenoxy) is 1. The van der Waals surface area contributed by atoms with Gasteiger partial charge in [-0.05, 0) is 42.0 Å². The summed E-state index contributed by atoms with van der Waals surface area (Å²) in [5.74, 6) is 0. The van der Waals surface area contributed by atoms with Gasteiger partial charge in [0.25, 0.3) is 0 Å². The fraction of sp³-hybridized carbons (Fsp3) is 0.450. The van der Waals surface area contributed by atoms with Crippen LogP contribution in [0.25, 0.3) is 10.8 Å². The third kappa shape index (κ3) is 4.26. The van der Waals surface area contributed by atoms with Crippen LogP contribution in [0.5, 0.6) is 0 Å². The first kappa shape index (κ1) is 16.8. The average molecular weight is 326 g/mol. The van der Waals surface area contributed by atoms with Crippen molar-refractivity contribution >= 4 is 16.8 Å². The molecule has 2 aromatic carbocycles. The van der Waals surface area contributed by atoms with Crippen LogP contribution in [0, 0.1) is 0 Å². The highest BCUT2D eigenvalue weighted by molar-refractivity contribution is 5.85. The molecule has 0 bridgehead atoms. The molecule has 1 saturated heterocycles. The van der Waals surface area contributed by atoms with Crippen LogP contribution in [0.4, 0.5) is 4.79 Å². The number of rotatable bonds is 5. The topological polar surface area (TPSA) is 41.6 Å². The summed E-state index contributed by atoms with van der Waals surface area (Å²) in [6.07, 6.45) is 4.40. The second kappa shape index (κ2) is 8.15. The van der Waals surface area contributed by atoms with Crippen molar-refractivity contribution in [3.63, 3.8) is 0 Å². The first-order valence-electron chi connectivity index (χ1n) is 8.81. The van der Waals surface area contributed by atoms with Gasteiger partial charge in [0.2, 0.25) is 0 Å². The van der Waals surface area contributed by atoms with Gasteiger partial charge in [-0.1, -0.05) is 42.5 Å². The molecule has 0 aliphatic carbocycles. The van der Waals surface area contributed by atoms with Crippen LogP contribution >= 0.6 is 0 Å². The smallest absolute Gasteiger partial charge is 0.317 e. The second-order valence-electron chi connectivity index (χ2n) is 6.49. The van der Waals surface area contributed by atoms with Gasteiger partial charge in [-0.15, -0.1) is 0 Å². The second-order valence-corrected chi connectivity index (χ2v) is 6.49. The largest absolute Gasteiger partial charge is 0.376 e. The van der Waals surface area contributed by atoms with Crippen molar-refractivity contribution in [2.75, 3.05) is 26.7 Å². The number of urea groups is 1. The average Bonchev–Trinajstić information content (AvgIpc) is 2.62. The summed E-state index contributed by atoms with van der Waals surface area (Å²) in [6.45, 7) is 2.13. The Kier molecular flexibility index (Phi) is 5.70. The summed E-state index contributed by atoms with van der Waals surface area (Å²) < 4.78 is 5.70. The molecule has 1 unspecified atom stereocenters. The minimum Gasteiger partial charge on any atom is -0.376 e. The highest BCUT2D eigenvalue weighted by Gasteiger charge is 2.18. The van der Waals surface area contributed by atoms with Gasteiger partial charge < -0.3 is 15.0 Å². The Hall–Kier alpha value is -2.07. The molecule has 2 aromatic rings. The maximum absolute atomic E-state index is 12.2. The van der Waals surface area contributed by atoms with Crippen molar-refractivity contribution < 1.29 is 9.53 Å². The Morgan fingerprint density at radius 3 is 2.88 bits per heavy atom. The number of fused-ring (bicyclic) bond motifs is 1. The fourth-order valence-electron chi connectivity index (χ4n) is 3.29. The summed E-state index contributed by atoms with van der Waals surface area (Å²) >= 11 is 0. The molecule has 1 atom stereocenters. The summed E-state index contributed by atoms with van der Waals surface area (Å²) in [6, 6.07) is 14.7. The molecule has 3 rings (SSSR count). The third-order valence-electron chi connectivity index (χ3n) is 4.65. The van der Waals surface area contributed by atoms with Gasteiger partial charge in [0.05, 0.1) is 6.10 Å². The molecule has 1 fully saturated rings. The maximum Gasteiger partial charge on any atom is 0.317 e. The van der Waals surface area contributed by atoms with E-state index in [0.29, 0.717) is 13.1 Å². The van der Waals surface area contributed by atoms with Crippen molar-refractivity contribution in [1.82, 2.24) is 10.2 Å². The zero-order valence-corrected chi connectivity index (χ0v) is 14.3. The van der Waals surface area contributed by atoms with E-state index in [2.05, 4.69) is 47.8 Å². The van der Waals surface area contributed by atoms with Crippen molar-refractivity contribution in [2.24, 2.45) is 0 Å². The van der Waals surface area contributed by atoms with E-state index >= 15 is 0 Å². The number of benzene rings is 2. The van der Waals surface area contributed by atoms with Crippen molar-refractivity contribution in [3.05, 3.63) is 48.0 Å². The van der Waals surface area contributed by atoms with E-state index < -0.39 is 0 Å². The van der Waals surface area contributed by atoms with Crippen LogP contribution in [0.15, 0.2) is 42.5 Å². The Morgan fingerprint density at radius 2 is 2.04 bits per heavy atom. The molecular formula is C20H26N2O2. The predicted octanol–water partition coefficient (Wildman–Crippen LogP) is 3.59. The maximum atomic E-state index is 12.2. The lowest BCUT2D eigenvalue weighted by molar-refractivity contribution is 0.00388. The van der Waals surface area contributed by atoms with Crippen LogP contribution in [0.3, 0.4) is 0 Å². The summed E-state index contributed by atoms with van der Waals surface area (Å²) in [7, 11) is 1.84. The fourth-order valence-corrected chi connectivity index (χ4v) is 3.29. The van der Waals surface area contributed by atoms with Gasteiger partial charge in [-0.2, -0.15) is 0 Å². The first-order chi connectivity index (χ1) is 11.7. The van der Waals surface area contributed by atoms with Gasteiger partial charge in [0.1, 0.15) is 0 Å². The zero-order valence-electron chi connectivity index (χ0n) is 14.3. The lowest BCUT2D eigenvalue weighted by Crippen LogP contribution is -2.43. The van der Waals surface area contributed by atoms with Crippen LogP contribution in [-0.4, -0.2) is 43.8 Å². The molecule has 1 aliphatic heterocycles. The third-order valence-corrected chi connectivity index (χ3v) is 4.65. The van der Waals surface area contributed by atoms with E-state index in [0.717, 1.165) is 25.9 Å². The van der Waals surface area contributed by atoms with E-state index in [9.17, 15) is 4.79 Å². The molecule has 0 spiro atoms. The summed E-state index contributed by atoms with van der Waals surface area (Å²) in [4.78, 5) is 14.0. The van der Waals surface area contributed by atoms with E-state index in [1.807, 2.05) is 7.05 Å². The molecule has 4 heteroatoms. The Morgan fingerprint density at radius 1 is 1.21 bits per heavy atom. The van der Waals surface area contributed by atoms with Gasteiger partial charge >= 0.3 is 6.03 Å². The Bertz CT molecular complexity index is 675. The quantitative estimate of drug-likeness (QED) is 0.912. The molecule has 1 heterocycles. The molecule has 1 N–H and O–H groups in total. The highest BCUT2D eigenvalue weighted by Crippen LogP contribution is 2.18. The van der Waals surface area contributed by atoms with Gasteiger partial charge in [0, 0.05) is 26.7 Å². The van der Waals surface area contributed by atoms with E-state index in [4.69, 9.17) is 4.74 Å². The molecule has 0 saturated carbocycles. The highest BCUT2D eigenvalue weighted by atomic mass is 16.5. The van der Waals surface area contributed by atoms with Crippen LogP contribution in [0.2, 0.25) is 0 Å². The lowest BCUT2D eigenvalue weighted by atomic mass is 10.0. The van der Waals surface area contributed by atoms with Crippen LogP contribution < -0.4 is 5.32 Å². The number of carbonyl (C=O) groups is 1. The van der Waals surface area contributed by atoms with Crippen molar-refractivity contribution in [1.29, 1.82) is 0 Å². The molecule has 0 aromatic heterocycles. The van der Waals surface area contributed by atoms with E-state index in [-0.39, 0.29) is 12.1 Å². The number of carbonyl (C=O) groups excluding carboxylic acids is 1. The number of nitrogens with zero attached hydrogens (tertiary/aromatic N) is 1. The van der Waals surface area contributed by atoms with Crippen LogP contribution in [-0.2, 0) is 11.2 Å². The van der Waals surface area contributed by atoms with Crippen LogP contribution in [0.1, 0.15) is 24.8 Å². The molecule has 1 aliphatic rings. The Balaban J connectivity index is 1.49. The zero-order chi connectivity index (χ0) is 16.8. The molecule has 24 heavy (non-hydrogen) atoms. The summed E-state index contributed by atoms with van der Waals surface area (Å²) in [5.41, 5.74) is 1.27. The summed E-state index contributed by atoms with van der Waals surface area (Å²) in [5, 5.41) is 5.52. The van der Waals surface area contributed by atoms with Gasteiger partial charge in [-0.25, -0.2) is 4.79 Å². The number of amides is 2. The molecule has 128 valence electrons. The van der Waals surface area contributed by atoms with E-state index in [1.54, 1.807) is 4.90 Å².